The second kappa shape index (κ2) is 4.47. The molecule has 0 bridgehead atoms. The largest absolute Gasteiger partial charge is 0.341 e. The fourth-order valence-corrected chi connectivity index (χ4v) is 3.75. The van der Waals surface area contributed by atoms with Gasteiger partial charge in [0.25, 0.3) is 0 Å². The molecule has 1 fully saturated rings. The lowest BCUT2D eigenvalue weighted by Gasteiger charge is -2.14. The van der Waals surface area contributed by atoms with Crippen molar-refractivity contribution in [2.24, 2.45) is 0 Å². The highest BCUT2D eigenvalue weighted by molar-refractivity contribution is 7.90. The van der Waals surface area contributed by atoms with Crippen molar-refractivity contribution in [1.82, 2.24) is 14.3 Å². The Morgan fingerprint density at radius 1 is 1.47 bits per heavy atom. The van der Waals surface area contributed by atoms with Crippen molar-refractivity contribution in [3.8, 4) is 0 Å². The average Bonchev–Trinajstić information content (AvgIpc) is 3.12. The maximum Gasteiger partial charge on any atom is 0.217 e. The van der Waals surface area contributed by atoms with E-state index in [0.29, 0.717) is 10.8 Å². The molecule has 1 heterocycles. The van der Waals surface area contributed by atoms with Gasteiger partial charge in [-0.3, -0.25) is 0 Å². The molecule has 0 radical (unpaired) electrons. The number of halogens is 1. The first-order chi connectivity index (χ1) is 8.96. The lowest BCUT2D eigenvalue weighted by Crippen LogP contribution is -2.29. The number of aromatic nitrogens is 2. The van der Waals surface area contributed by atoms with Gasteiger partial charge in [0.05, 0.1) is 22.8 Å². The Labute approximate surface area is 116 Å². The molecule has 0 spiro atoms. The van der Waals surface area contributed by atoms with Gasteiger partial charge in [0.1, 0.15) is 5.82 Å². The summed E-state index contributed by atoms with van der Waals surface area (Å²) in [6.45, 7) is 0.255. The Morgan fingerprint density at radius 2 is 2.21 bits per heavy atom. The van der Waals surface area contributed by atoms with Crippen molar-refractivity contribution in [2.45, 2.75) is 24.6 Å². The smallest absolute Gasteiger partial charge is 0.217 e. The molecule has 0 saturated heterocycles. The van der Waals surface area contributed by atoms with Crippen LogP contribution < -0.4 is 0 Å². The van der Waals surface area contributed by atoms with E-state index < -0.39 is 10.0 Å². The molecule has 1 aromatic carbocycles. The molecule has 7 heteroatoms. The first kappa shape index (κ1) is 12.9. The predicted octanol–water partition coefficient (Wildman–Crippen LogP) is 2.14. The minimum Gasteiger partial charge on any atom is -0.341 e. The molecular formula is C12H14ClN3O2S. The molecule has 2 aromatic rings. The second-order valence-electron chi connectivity index (χ2n) is 4.85. The highest BCUT2D eigenvalue weighted by atomic mass is 35.5. The van der Waals surface area contributed by atoms with Gasteiger partial charge >= 0.3 is 0 Å². The summed E-state index contributed by atoms with van der Waals surface area (Å²) in [6.07, 6.45) is 1.53. The Bertz CT molecular complexity index is 722. The third-order valence-electron chi connectivity index (χ3n) is 3.25. The van der Waals surface area contributed by atoms with Crippen molar-refractivity contribution in [2.75, 3.05) is 7.05 Å². The molecule has 1 aliphatic rings. The predicted molar refractivity (Wildman–Crippen MR) is 74.5 cm³/mol. The molecule has 5 nitrogen and oxygen atoms in total. The second-order valence-corrected chi connectivity index (χ2v) is 7.60. The molecule has 1 N–H and O–H groups in total. The first-order valence-corrected chi connectivity index (χ1v) is 7.94. The zero-order valence-electron chi connectivity index (χ0n) is 10.4. The number of imidazole rings is 1. The number of hydrogen-bond donors (Lipinski definition) is 1. The average molecular weight is 300 g/mol. The molecule has 19 heavy (non-hydrogen) atoms. The highest BCUT2D eigenvalue weighted by Crippen LogP contribution is 2.31. The number of nitrogens with one attached hydrogen (secondary N) is 1. The zero-order chi connectivity index (χ0) is 13.6. The maximum absolute atomic E-state index is 12.0. The Morgan fingerprint density at radius 3 is 2.89 bits per heavy atom. The normalized spacial score (nSPS) is 16.4. The van der Waals surface area contributed by atoms with Crippen molar-refractivity contribution >= 4 is 32.7 Å². The van der Waals surface area contributed by atoms with Gasteiger partial charge in [-0.2, -0.15) is 4.31 Å². The number of hydrogen-bond acceptors (Lipinski definition) is 3. The van der Waals surface area contributed by atoms with Crippen LogP contribution in [0.15, 0.2) is 18.2 Å². The van der Waals surface area contributed by atoms with Gasteiger partial charge in [0.2, 0.25) is 10.0 Å². The number of fused-ring (bicyclic) bond motifs is 1. The van der Waals surface area contributed by atoms with E-state index in [9.17, 15) is 8.42 Å². The van der Waals surface area contributed by atoms with Gasteiger partial charge in [-0.15, -0.1) is 0 Å². The van der Waals surface area contributed by atoms with Crippen molar-refractivity contribution < 1.29 is 8.42 Å². The van der Waals surface area contributed by atoms with Gasteiger partial charge in [0.15, 0.2) is 0 Å². The molecule has 1 aliphatic carbocycles. The third kappa shape index (κ3) is 2.48. The van der Waals surface area contributed by atoms with Crippen LogP contribution in [0.2, 0.25) is 5.02 Å². The van der Waals surface area contributed by atoms with E-state index in [1.807, 2.05) is 6.07 Å². The summed E-state index contributed by atoms with van der Waals surface area (Å²) in [4.78, 5) is 7.46. The Kier molecular flexibility index (Phi) is 3.03. The van der Waals surface area contributed by atoms with Crippen molar-refractivity contribution in [1.29, 1.82) is 0 Å². The molecule has 0 amide bonds. The van der Waals surface area contributed by atoms with E-state index in [-0.39, 0.29) is 11.8 Å². The molecule has 3 rings (SSSR count). The topological polar surface area (TPSA) is 66.1 Å². The van der Waals surface area contributed by atoms with Gasteiger partial charge in [-0.05, 0) is 31.0 Å². The van der Waals surface area contributed by atoms with Crippen LogP contribution in [0.4, 0.5) is 0 Å². The lowest BCUT2D eigenvalue weighted by atomic mass is 10.3. The summed E-state index contributed by atoms with van der Waals surface area (Å²) in [5.74, 6) is 0.629. The van der Waals surface area contributed by atoms with Gasteiger partial charge in [-0.25, -0.2) is 13.4 Å². The van der Waals surface area contributed by atoms with Crippen molar-refractivity contribution in [3.63, 3.8) is 0 Å². The van der Waals surface area contributed by atoms with E-state index in [0.717, 1.165) is 23.9 Å². The third-order valence-corrected chi connectivity index (χ3v) is 5.79. The van der Waals surface area contributed by atoms with E-state index in [1.165, 1.54) is 4.31 Å². The standard InChI is InChI=1S/C12H14ClN3O2S/c1-16(19(17,18)9-3-4-9)7-12-14-10-5-2-8(13)6-11(10)15-12/h2,5-6,9H,3-4,7H2,1H3,(H,14,15). The summed E-state index contributed by atoms with van der Waals surface area (Å²) < 4.78 is 25.4. The number of sulfonamides is 1. The summed E-state index contributed by atoms with van der Waals surface area (Å²) in [7, 11) is -1.57. The minimum absolute atomic E-state index is 0.198. The van der Waals surface area contributed by atoms with Crippen LogP contribution in [0.1, 0.15) is 18.7 Å². The van der Waals surface area contributed by atoms with E-state index in [1.54, 1.807) is 19.2 Å². The number of nitrogens with zero attached hydrogens (tertiary/aromatic N) is 2. The summed E-state index contributed by atoms with van der Waals surface area (Å²) >= 11 is 5.90. The minimum atomic E-state index is -3.16. The fraction of sp³-hybridized carbons (Fsp3) is 0.417. The molecule has 0 atom stereocenters. The van der Waals surface area contributed by atoms with E-state index in [4.69, 9.17) is 11.6 Å². The van der Waals surface area contributed by atoms with Gasteiger partial charge < -0.3 is 4.98 Å². The Hall–Kier alpha value is -1.11. The van der Waals surface area contributed by atoms with Crippen LogP contribution in [0, 0.1) is 0 Å². The van der Waals surface area contributed by atoms with Crippen LogP contribution in [0.3, 0.4) is 0 Å². The summed E-state index contributed by atoms with van der Waals surface area (Å²) in [6, 6.07) is 5.36. The maximum atomic E-state index is 12.0. The molecule has 1 aromatic heterocycles. The monoisotopic (exact) mass is 299 g/mol. The molecule has 1 saturated carbocycles. The summed E-state index contributed by atoms with van der Waals surface area (Å²) in [5.41, 5.74) is 1.61. The van der Waals surface area contributed by atoms with Gasteiger partial charge in [0, 0.05) is 12.1 Å². The molecule has 102 valence electrons. The number of benzene rings is 1. The highest BCUT2D eigenvalue weighted by Gasteiger charge is 2.38. The molecule has 0 unspecified atom stereocenters. The quantitative estimate of drug-likeness (QED) is 0.940. The van der Waals surface area contributed by atoms with Crippen LogP contribution in [0.25, 0.3) is 11.0 Å². The number of H-pyrrole nitrogens is 1. The molecule has 0 aliphatic heterocycles. The van der Waals surface area contributed by atoms with E-state index >= 15 is 0 Å². The van der Waals surface area contributed by atoms with Crippen LogP contribution >= 0.6 is 11.6 Å². The Balaban J connectivity index is 1.85. The zero-order valence-corrected chi connectivity index (χ0v) is 12.0. The number of aromatic amines is 1. The van der Waals surface area contributed by atoms with Crippen LogP contribution in [0.5, 0.6) is 0 Å². The van der Waals surface area contributed by atoms with E-state index in [2.05, 4.69) is 9.97 Å². The SMILES string of the molecule is CN(Cc1nc2ccc(Cl)cc2[nH]1)S(=O)(=O)C1CC1. The number of rotatable bonds is 4. The lowest BCUT2D eigenvalue weighted by molar-refractivity contribution is 0.457. The summed E-state index contributed by atoms with van der Waals surface area (Å²) in [5, 5.41) is 0.429. The van der Waals surface area contributed by atoms with Crippen molar-refractivity contribution in [3.05, 3.63) is 29.0 Å². The van der Waals surface area contributed by atoms with Gasteiger partial charge in [-0.1, -0.05) is 11.6 Å². The molecular weight excluding hydrogens is 286 g/mol. The fourth-order valence-electron chi connectivity index (χ4n) is 2.03. The van der Waals surface area contributed by atoms with Crippen LogP contribution in [-0.2, 0) is 16.6 Å². The van der Waals surface area contributed by atoms with Crippen LogP contribution in [-0.4, -0.2) is 35.0 Å². The first-order valence-electron chi connectivity index (χ1n) is 6.06.